The van der Waals surface area contributed by atoms with Gasteiger partial charge in [-0.2, -0.15) is 4.80 Å². The van der Waals surface area contributed by atoms with Crippen molar-refractivity contribution in [1.29, 1.82) is 0 Å². The van der Waals surface area contributed by atoms with Crippen LogP contribution in [0.5, 0.6) is 0 Å². The van der Waals surface area contributed by atoms with Gasteiger partial charge < -0.3 is 10.4 Å². The summed E-state index contributed by atoms with van der Waals surface area (Å²) in [5, 5.41) is 24.0. The molecule has 0 atom stereocenters. The fourth-order valence-corrected chi connectivity index (χ4v) is 1.75. The first-order valence-electron chi connectivity index (χ1n) is 6.79. The molecule has 2 N–H and O–H groups in total. The van der Waals surface area contributed by atoms with Gasteiger partial charge in [-0.1, -0.05) is 0 Å². The van der Waals surface area contributed by atoms with Crippen LogP contribution in [0.1, 0.15) is 42.5 Å². The van der Waals surface area contributed by atoms with Gasteiger partial charge in [-0.25, -0.2) is 9.18 Å². The maximum atomic E-state index is 13.6. The first-order chi connectivity index (χ1) is 10.3. The number of carbonyl (C=O) groups is 1. The number of nitrogens with zero attached hydrogens (tertiary/aromatic N) is 4. The van der Waals surface area contributed by atoms with Gasteiger partial charge in [0.15, 0.2) is 5.82 Å². The van der Waals surface area contributed by atoms with Gasteiger partial charge >= 0.3 is 5.97 Å². The highest BCUT2D eigenvalue weighted by Crippen LogP contribution is 2.11. The number of hydrogen-bond donors (Lipinski definition) is 2. The minimum absolute atomic E-state index is 0.0509. The molecule has 2 aromatic rings. The van der Waals surface area contributed by atoms with Crippen molar-refractivity contribution in [2.45, 2.75) is 39.4 Å². The SMILES string of the molecule is CC(C)(C)n1nnc(CNCc2cc(C(=O)O)ccc2F)n1. The monoisotopic (exact) mass is 307 g/mol. The van der Waals surface area contributed by atoms with Crippen LogP contribution in [0.15, 0.2) is 18.2 Å². The lowest BCUT2D eigenvalue weighted by molar-refractivity contribution is 0.0696. The van der Waals surface area contributed by atoms with Gasteiger partial charge in [-0.3, -0.25) is 0 Å². The lowest BCUT2D eigenvalue weighted by Gasteiger charge is -2.15. The van der Waals surface area contributed by atoms with Crippen LogP contribution >= 0.6 is 0 Å². The van der Waals surface area contributed by atoms with Crippen LogP contribution in [-0.4, -0.2) is 31.3 Å². The summed E-state index contributed by atoms with van der Waals surface area (Å²) in [4.78, 5) is 12.4. The van der Waals surface area contributed by atoms with E-state index >= 15 is 0 Å². The number of hydrogen-bond acceptors (Lipinski definition) is 5. The molecule has 0 spiro atoms. The van der Waals surface area contributed by atoms with E-state index in [4.69, 9.17) is 5.11 Å². The molecule has 118 valence electrons. The topological polar surface area (TPSA) is 92.9 Å². The van der Waals surface area contributed by atoms with Crippen molar-refractivity contribution < 1.29 is 14.3 Å². The van der Waals surface area contributed by atoms with E-state index in [-0.39, 0.29) is 23.2 Å². The molecule has 0 aliphatic heterocycles. The third kappa shape index (κ3) is 3.85. The van der Waals surface area contributed by atoms with Crippen molar-refractivity contribution in [3.8, 4) is 0 Å². The smallest absolute Gasteiger partial charge is 0.335 e. The molecule has 22 heavy (non-hydrogen) atoms. The number of carboxylic acids is 1. The molecule has 0 amide bonds. The number of nitrogens with one attached hydrogen (secondary N) is 1. The van der Waals surface area contributed by atoms with Crippen LogP contribution in [0.4, 0.5) is 4.39 Å². The Morgan fingerprint density at radius 2 is 2.09 bits per heavy atom. The number of rotatable bonds is 5. The van der Waals surface area contributed by atoms with Gasteiger partial charge in [0.1, 0.15) is 5.82 Å². The van der Waals surface area contributed by atoms with E-state index in [0.717, 1.165) is 6.07 Å². The highest BCUT2D eigenvalue weighted by atomic mass is 19.1. The summed E-state index contributed by atoms with van der Waals surface area (Å²) in [6.45, 7) is 6.36. The summed E-state index contributed by atoms with van der Waals surface area (Å²) in [5.41, 5.74) is 0.0748. The van der Waals surface area contributed by atoms with Gasteiger partial charge in [-0.15, -0.1) is 10.2 Å². The molecule has 0 saturated heterocycles. The van der Waals surface area contributed by atoms with E-state index in [1.807, 2.05) is 20.8 Å². The standard InChI is InChI=1S/C14H18FN5O2/c1-14(2,3)20-18-12(17-19-20)8-16-7-10-6-9(13(21)22)4-5-11(10)15/h4-6,16H,7-8H2,1-3H3,(H,21,22). The third-order valence-electron chi connectivity index (χ3n) is 2.95. The maximum Gasteiger partial charge on any atom is 0.335 e. The second-order valence-corrected chi connectivity index (χ2v) is 5.88. The van der Waals surface area contributed by atoms with Crippen molar-refractivity contribution in [1.82, 2.24) is 25.5 Å². The Bertz CT molecular complexity index is 678. The number of aromatic nitrogens is 4. The van der Waals surface area contributed by atoms with Gasteiger partial charge in [0, 0.05) is 12.1 Å². The van der Waals surface area contributed by atoms with Crippen molar-refractivity contribution >= 4 is 5.97 Å². The van der Waals surface area contributed by atoms with E-state index in [0.29, 0.717) is 12.4 Å². The molecule has 0 aliphatic rings. The number of carboxylic acid groups (broad SMARTS) is 1. The van der Waals surface area contributed by atoms with Gasteiger partial charge in [0.2, 0.25) is 0 Å². The van der Waals surface area contributed by atoms with Crippen molar-refractivity contribution in [3.05, 3.63) is 41.0 Å². The summed E-state index contributed by atoms with van der Waals surface area (Å²) in [5.74, 6) is -1.05. The highest BCUT2D eigenvalue weighted by molar-refractivity contribution is 5.87. The fourth-order valence-electron chi connectivity index (χ4n) is 1.75. The Morgan fingerprint density at radius 3 is 2.68 bits per heavy atom. The van der Waals surface area contributed by atoms with Crippen LogP contribution in [0.2, 0.25) is 0 Å². The fraction of sp³-hybridized carbons (Fsp3) is 0.429. The zero-order valence-corrected chi connectivity index (χ0v) is 12.7. The summed E-state index contributed by atoms with van der Waals surface area (Å²) in [6, 6.07) is 3.69. The summed E-state index contributed by atoms with van der Waals surface area (Å²) in [7, 11) is 0. The van der Waals surface area contributed by atoms with Gasteiger partial charge in [0.25, 0.3) is 0 Å². The van der Waals surface area contributed by atoms with E-state index in [2.05, 4.69) is 20.7 Å². The Balaban J connectivity index is 1.98. The van der Waals surface area contributed by atoms with Crippen molar-refractivity contribution in [2.75, 3.05) is 0 Å². The van der Waals surface area contributed by atoms with E-state index in [9.17, 15) is 9.18 Å². The summed E-state index contributed by atoms with van der Waals surface area (Å²) in [6.07, 6.45) is 0. The minimum atomic E-state index is -1.09. The number of halogens is 1. The molecule has 8 heteroatoms. The first kappa shape index (κ1) is 16.0. The molecule has 0 aliphatic carbocycles. The van der Waals surface area contributed by atoms with Crippen LogP contribution in [-0.2, 0) is 18.6 Å². The molecule has 2 rings (SSSR count). The Morgan fingerprint density at radius 1 is 1.36 bits per heavy atom. The third-order valence-corrected chi connectivity index (χ3v) is 2.95. The van der Waals surface area contributed by atoms with Crippen LogP contribution in [0.3, 0.4) is 0 Å². The van der Waals surface area contributed by atoms with Gasteiger partial charge in [0.05, 0.1) is 17.6 Å². The second-order valence-electron chi connectivity index (χ2n) is 5.88. The molecule has 0 bridgehead atoms. The molecule has 1 aromatic carbocycles. The lowest BCUT2D eigenvalue weighted by Crippen LogP contribution is -2.25. The van der Waals surface area contributed by atoms with Crippen molar-refractivity contribution in [2.24, 2.45) is 0 Å². The quantitative estimate of drug-likeness (QED) is 0.870. The maximum absolute atomic E-state index is 13.6. The molecule has 0 fully saturated rings. The molecular weight excluding hydrogens is 289 g/mol. The van der Waals surface area contributed by atoms with Gasteiger partial charge in [-0.05, 0) is 44.2 Å². The average Bonchev–Trinajstić information content (AvgIpc) is 2.89. The Labute approximate surface area is 127 Å². The molecule has 1 aromatic heterocycles. The average molecular weight is 307 g/mol. The molecular formula is C14H18FN5O2. The molecule has 7 nitrogen and oxygen atoms in total. The van der Waals surface area contributed by atoms with E-state index in [1.54, 1.807) is 0 Å². The molecule has 0 radical (unpaired) electrons. The predicted octanol–water partition coefficient (Wildman–Crippen LogP) is 1.56. The molecule has 0 unspecified atom stereocenters. The zero-order valence-electron chi connectivity index (χ0n) is 12.7. The zero-order chi connectivity index (χ0) is 16.3. The largest absolute Gasteiger partial charge is 0.478 e. The van der Waals surface area contributed by atoms with E-state index in [1.165, 1.54) is 16.9 Å². The summed E-state index contributed by atoms with van der Waals surface area (Å²) < 4.78 is 13.6. The Kier molecular flexibility index (Phi) is 4.51. The number of benzene rings is 1. The Hall–Kier alpha value is -2.35. The number of aromatic carboxylic acids is 1. The van der Waals surface area contributed by atoms with Crippen LogP contribution in [0.25, 0.3) is 0 Å². The second kappa shape index (κ2) is 6.18. The van der Waals surface area contributed by atoms with E-state index < -0.39 is 11.8 Å². The van der Waals surface area contributed by atoms with Crippen LogP contribution in [0, 0.1) is 5.82 Å². The predicted molar refractivity (Wildman–Crippen MR) is 76.7 cm³/mol. The minimum Gasteiger partial charge on any atom is -0.478 e. The van der Waals surface area contributed by atoms with Crippen molar-refractivity contribution in [3.63, 3.8) is 0 Å². The highest BCUT2D eigenvalue weighted by Gasteiger charge is 2.16. The summed E-state index contributed by atoms with van der Waals surface area (Å²) >= 11 is 0. The lowest BCUT2D eigenvalue weighted by atomic mass is 10.1. The number of tetrazole rings is 1. The van der Waals surface area contributed by atoms with Crippen LogP contribution < -0.4 is 5.32 Å². The molecule has 1 heterocycles. The molecule has 0 saturated carbocycles. The first-order valence-corrected chi connectivity index (χ1v) is 6.79. The normalized spacial score (nSPS) is 11.6.